The summed E-state index contributed by atoms with van der Waals surface area (Å²) in [6, 6.07) is 16.0. The van der Waals surface area contributed by atoms with Gasteiger partial charge < -0.3 is 20.0 Å². The van der Waals surface area contributed by atoms with Gasteiger partial charge in [-0.15, -0.1) is 0 Å². The standard InChI is InChI=1S/C23H25ClN4O3/c24-19-9-5-4-8-18(19)23(31)28-11-10-25-22(30)20(28)16-21(29)27-14-12-26(13-15-27)17-6-2-1-3-7-17/h1-9,20H,10-16H2,(H,25,30)/t20-/m1/s1. The molecule has 0 aliphatic carbocycles. The number of hydrogen-bond donors (Lipinski definition) is 1. The van der Waals surface area contributed by atoms with E-state index in [0.29, 0.717) is 36.8 Å². The van der Waals surface area contributed by atoms with E-state index in [1.807, 2.05) is 18.2 Å². The number of carbonyl (C=O) groups is 3. The Morgan fingerprint density at radius 1 is 0.935 bits per heavy atom. The van der Waals surface area contributed by atoms with Crippen molar-refractivity contribution in [3.05, 3.63) is 65.2 Å². The molecule has 2 aliphatic rings. The molecule has 2 aromatic carbocycles. The fraction of sp³-hybridized carbons (Fsp3) is 0.348. The molecule has 8 heteroatoms. The minimum Gasteiger partial charge on any atom is -0.368 e. The van der Waals surface area contributed by atoms with E-state index in [4.69, 9.17) is 11.6 Å². The van der Waals surface area contributed by atoms with Crippen LogP contribution in [0.3, 0.4) is 0 Å². The van der Waals surface area contributed by atoms with E-state index in [1.165, 1.54) is 4.90 Å². The minimum atomic E-state index is -0.836. The molecule has 2 saturated heterocycles. The van der Waals surface area contributed by atoms with Crippen molar-refractivity contribution in [1.29, 1.82) is 0 Å². The third-order valence-corrected chi connectivity index (χ3v) is 6.15. The summed E-state index contributed by atoms with van der Waals surface area (Å²) >= 11 is 6.19. The summed E-state index contributed by atoms with van der Waals surface area (Å²) in [7, 11) is 0. The van der Waals surface area contributed by atoms with Gasteiger partial charge in [0.2, 0.25) is 11.8 Å². The van der Waals surface area contributed by atoms with Crippen molar-refractivity contribution in [2.45, 2.75) is 12.5 Å². The molecule has 0 spiro atoms. The maximum Gasteiger partial charge on any atom is 0.256 e. The Hall–Kier alpha value is -3.06. The summed E-state index contributed by atoms with van der Waals surface area (Å²) < 4.78 is 0. The van der Waals surface area contributed by atoms with Gasteiger partial charge in [0.1, 0.15) is 6.04 Å². The number of piperazine rings is 2. The van der Waals surface area contributed by atoms with Crippen LogP contribution in [0.25, 0.3) is 0 Å². The summed E-state index contributed by atoms with van der Waals surface area (Å²) in [6.45, 7) is 3.33. The summed E-state index contributed by atoms with van der Waals surface area (Å²) in [5, 5.41) is 3.11. The molecule has 1 atom stereocenters. The second-order valence-corrected chi connectivity index (χ2v) is 8.10. The number of amides is 3. The number of benzene rings is 2. The molecule has 2 aliphatic heterocycles. The highest BCUT2D eigenvalue weighted by Crippen LogP contribution is 2.22. The Morgan fingerprint density at radius 2 is 1.61 bits per heavy atom. The second-order valence-electron chi connectivity index (χ2n) is 7.69. The van der Waals surface area contributed by atoms with Crippen molar-refractivity contribution in [3.8, 4) is 0 Å². The number of carbonyl (C=O) groups excluding carboxylic acids is 3. The molecule has 7 nitrogen and oxygen atoms in total. The fourth-order valence-corrected chi connectivity index (χ4v) is 4.31. The summed E-state index contributed by atoms with van der Waals surface area (Å²) in [6.07, 6.45) is -0.0344. The molecule has 2 aromatic rings. The highest BCUT2D eigenvalue weighted by molar-refractivity contribution is 6.33. The van der Waals surface area contributed by atoms with Gasteiger partial charge in [0.25, 0.3) is 5.91 Å². The van der Waals surface area contributed by atoms with Gasteiger partial charge in [-0.05, 0) is 24.3 Å². The van der Waals surface area contributed by atoms with E-state index in [2.05, 4.69) is 22.3 Å². The van der Waals surface area contributed by atoms with E-state index in [1.54, 1.807) is 29.2 Å². The van der Waals surface area contributed by atoms with Crippen molar-refractivity contribution in [2.75, 3.05) is 44.2 Å². The summed E-state index contributed by atoms with van der Waals surface area (Å²) in [4.78, 5) is 44.1. The first-order valence-corrected chi connectivity index (χ1v) is 10.8. The number of hydrogen-bond acceptors (Lipinski definition) is 4. The lowest BCUT2D eigenvalue weighted by Crippen LogP contribution is -2.59. The maximum absolute atomic E-state index is 13.1. The number of nitrogens with one attached hydrogen (secondary N) is 1. The molecule has 0 saturated carbocycles. The van der Waals surface area contributed by atoms with E-state index >= 15 is 0 Å². The van der Waals surface area contributed by atoms with Crippen LogP contribution in [0.15, 0.2) is 54.6 Å². The Bertz CT molecular complexity index is 960. The molecule has 0 radical (unpaired) electrons. The van der Waals surface area contributed by atoms with Crippen molar-refractivity contribution in [1.82, 2.24) is 15.1 Å². The molecule has 0 aromatic heterocycles. The van der Waals surface area contributed by atoms with Gasteiger partial charge >= 0.3 is 0 Å². The van der Waals surface area contributed by atoms with E-state index in [9.17, 15) is 14.4 Å². The number of nitrogens with zero attached hydrogens (tertiary/aromatic N) is 3. The molecule has 0 bridgehead atoms. The topological polar surface area (TPSA) is 73.0 Å². The van der Waals surface area contributed by atoms with Gasteiger partial charge in [-0.25, -0.2) is 0 Å². The first-order chi connectivity index (χ1) is 15.0. The Balaban J connectivity index is 1.41. The van der Waals surface area contributed by atoms with Crippen LogP contribution in [0, 0.1) is 0 Å². The number of anilines is 1. The molecule has 162 valence electrons. The average molecular weight is 441 g/mol. The first-order valence-electron chi connectivity index (χ1n) is 10.5. The minimum absolute atomic E-state index is 0.0344. The van der Waals surface area contributed by atoms with E-state index < -0.39 is 6.04 Å². The van der Waals surface area contributed by atoms with Gasteiger partial charge in [0.15, 0.2) is 0 Å². The van der Waals surface area contributed by atoms with E-state index in [0.717, 1.165) is 18.8 Å². The van der Waals surface area contributed by atoms with Crippen LogP contribution < -0.4 is 10.2 Å². The first kappa shape index (κ1) is 21.2. The van der Waals surface area contributed by atoms with Crippen molar-refractivity contribution in [2.24, 2.45) is 0 Å². The average Bonchev–Trinajstić information content (AvgIpc) is 2.81. The number of halogens is 1. The number of rotatable bonds is 4. The van der Waals surface area contributed by atoms with Crippen molar-refractivity contribution in [3.63, 3.8) is 0 Å². The number of para-hydroxylation sites is 1. The fourth-order valence-electron chi connectivity index (χ4n) is 4.10. The van der Waals surface area contributed by atoms with Gasteiger partial charge in [0.05, 0.1) is 17.0 Å². The predicted octanol–water partition coefficient (Wildman–Crippen LogP) is 2.02. The van der Waals surface area contributed by atoms with E-state index in [-0.39, 0.29) is 24.1 Å². The third kappa shape index (κ3) is 4.66. The van der Waals surface area contributed by atoms with Crippen LogP contribution in [0.4, 0.5) is 5.69 Å². The van der Waals surface area contributed by atoms with Crippen molar-refractivity contribution >= 4 is 35.0 Å². The largest absolute Gasteiger partial charge is 0.368 e. The zero-order chi connectivity index (χ0) is 21.8. The third-order valence-electron chi connectivity index (χ3n) is 5.82. The van der Waals surface area contributed by atoms with Crippen LogP contribution in [-0.4, -0.2) is 72.8 Å². The molecular weight excluding hydrogens is 416 g/mol. The lowest BCUT2D eigenvalue weighted by atomic mass is 10.0. The molecule has 2 heterocycles. The molecular formula is C23H25ClN4O3. The zero-order valence-corrected chi connectivity index (χ0v) is 17.9. The Labute approximate surface area is 186 Å². The monoisotopic (exact) mass is 440 g/mol. The smallest absolute Gasteiger partial charge is 0.256 e. The summed E-state index contributed by atoms with van der Waals surface area (Å²) in [5.74, 6) is -0.748. The molecule has 1 N–H and O–H groups in total. The Morgan fingerprint density at radius 3 is 2.32 bits per heavy atom. The zero-order valence-electron chi connectivity index (χ0n) is 17.2. The normalized spacial score (nSPS) is 19.2. The van der Waals surface area contributed by atoms with Crippen LogP contribution in [-0.2, 0) is 9.59 Å². The maximum atomic E-state index is 13.1. The van der Waals surface area contributed by atoms with Crippen LogP contribution in [0.5, 0.6) is 0 Å². The highest BCUT2D eigenvalue weighted by atomic mass is 35.5. The summed E-state index contributed by atoms with van der Waals surface area (Å²) in [5.41, 5.74) is 1.48. The molecule has 4 rings (SSSR count). The van der Waals surface area contributed by atoms with Gasteiger partial charge in [-0.2, -0.15) is 0 Å². The Kier molecular flexibility index (Phi) is 6.42. The van der Waals surface area contributed by atoms with Gasteiger partial charge in [-0.3, -0.25) is 14.4 Å². The van der Waals surface area contributed by atoms with Crippen LogP contribution >= 0.6 is 11.6 Å². The SMILES string of the molecule is O=C1NCCN(C(=O)c2ccccc2Cl)[C@@H]1CC(=O)N1CCN(c2ccccc2)CC1. The van der Waals surface area contributed by atoms with Crippen LogP contribution in [0.2, 0.25) is 5.02 Å². The predicted molar refractivity (Wildman–Crippen MR) is 119 cm³/mol. The molecule has 31 heavy (non-hydrogen) atoms. The lowest BCUT2D eigenvalue weighted by molar-refractivity contribution is -0.138. The lowest BCUT2D eigenvalue weighted by Gasteiger charge is -2.39. The van der Waals surface area contributed by atoms with Gasteiger partial charge in [0, 0.05) is 45.0 Å². The van der Waals surface area contributed by atoms with Crippen LogP contribution in [0.1, 0.15) is 16.8 Å². The van der Waals surface area contributed by atoms with Crippen molar-refractivity contribution < 1.29 is 14.4 Å². The van der Waals surface area contributed by atoms with Gasteiger partial charge in [-0.1, -0.05) is 41.9 Å². The molecule has 3 amide bonds. The molecule has 2 fully saturated rings. The molecule has 0 unspecified atom stereocenters. The second kappa shape index (κ2) is 9.39. The quantitative estimate of drug-likeness (QED) is 0.789. The highest BCUT2D eigenvalue weighted by Gasteiger charge is 2.37.